The maximum Gasteiger partial charge on any atom is 0.338 e. The highest BCUT2D eigenvalue weighted by Gasteiger charge is 2.22. The molecule has 1 amide bonds. The molecule has 2 rings (SSSR count). The Labute approximate surface area is 171 Å². The van der Waals surface area contributed by atoms with Crippen LogP contribution in [0.3, 0.4) is 0 Å². The molecule has 1 atom stereocenters. The molecule has 2 aromatic rings. The van der Waals surface area contributed by atoms with Crippen LogP contribution < -0.4 is 10.0 Å². The summed E-state index contributed by atoms with van der Waals surface area (Å²) in [6, 6.07) is 14.5. The lowest BCUT2D eigenvalue weighted by Gasteiger charge is -2.20. The van der Waals surface area contributed by atoms with Gasteiger partial charge in [0, 0.05) is 5.54 Å². The number of nitrogens with one attached hydrogen (secondary N) is 2. The van der Waals surface area contributed by atoms with Crippen molar-refractivity contribution in [2.24, 2.45) is 0 Å². The van der Waals surface area contributed by atoms with Gasteiger partial charge in [-0.2, -0.15) is 0 Å². The van der Waals surface area contributed by atoms with Crippen molar-refractivity contribution < 1.29 is 22.7 Å². The normalized spacial score (nSPS) is 12.8. The van der Waals surface area contributed by atoms with E-state index in [0.29, 0.717) is 0 Å². The molecule has 0 radical (unpaired) electrons. The lowest BCUT2D eigenvalue weighted by atomic mass is 10.1. The van der Waals surface area contributed by atoms with E-state index in [-0.39, 0.29) is 16.5 Å². The Hall–Kier alpha value is -2.71. The first kappa shape index (κ1) is 22.6. The molecule has 0 aliphatic rings. The van der Waals surface area contributed by atoms with E-state index >= 15 is 0 Å². The van der Waals surface area contributed by atoms with Crippen LogP contribution >= 0.6 is 0 Å². The molecule has 0 aromatic heterocycles. The van der Waals surface area contributed by atoms with Crippen molar-refractivity contribution in [3.05, 3.63) is 65.7 Å². The average Bonchev–Trinajstić information content (AvgIpc) is 2.65. The second-order valence-corrected chi connectivity index (χ2v) is 9.34. The Kier molecular flexibility index (Phi) is 7.16. The van der Waals surface area contributed by atoms with Gasteiger partial charge >= 0.3 is 5.97 Å². The number of esters is 1. The molecule has 156 valence electrons. The summed E-state index contributed by atoms with van der Waals surface area (Å²) >= 11 is 0. The Morgan fingerprint density at radius 1 is 1.00 bits per heavy atom. The van der Waals surface area contributed by atoms with Gasteiger partial charge in [-0.3, -0.25) is 4.79 Å². The summed E-state index contributed by atoms with van der Waals surface area (Å²) < 4.78 is 32.1. The summed E-state index contributed by atoms with van der Waals surface area (Å²) in [5, 5.41) is 2.75. The minimum Gasteiger partial charge on any atom is -0.452 e. The topological polar surface area (TPSA) is 102 Å². The molecule has 0 saturated carbocycles. The average molecular weight is 419 g/mol. The quantitative estimate of drug-likeness (QED) is 0.673. The molecule has 0 fully saturated rings. The monoisotopic (exact) mass is 418 g/mol. The number of amides is 1. The molecule has 0 spiro atoms. The fourth-order valence-corrected chi connectivity index (χ4v) is 3.97. The van der Waals surface area contributed by atoms with Crippen LogP contribution in [0.2, 0.25) is 0 Å². The summed E-state index contributed by atoms with van der Waals surface area (Å²) in [4.78, 5) is 24.2. The summed E-state index contributed by atoms with van der Waals surface area (Å²) in [5.74, 6) is -1.14. The van der Waals surface area contributed by atoms with E-state index in [1.54, 1.807) is 20.8 Å². The van der Waals surface area contributed by atoms with E-state index in [0.717, 1.165) is 5.56 Å². The number of hydrogen-bond acceptors (Lipinski definition) is 5. The fraction of sp³-hybridized carbons (Fsp3) is 0.333. The molecule has 2 N–H and O–H groups in total. The van der Waals surface area contributed by atoms with Crippen molar-refractivity contribution in [2.45, 2.75) is 44.2 Å². The molecule has 0 bridgehead atoms. The van der Waals surface area contributed by atoms with Crippen molar-refractivity contribution in [3.8, 4) is 0 Å². The van der Waals surface area contributed by atoms with Crippen LogP contribution in [0, 0.1) is 0 Å². The number of hydrogen-bond donors (Lipinski definition) is 2. The first-order chi connectivity index (χ1) is 13.5. The third kappa shape index (κ3) is 6.99. The first-order valence-corrected chi connectivity index (χ1v) is 10.6. The molecule has 8 heteroatoms. The van der Waals surface area contributed by atoms with Crippen LogP contribution in [0.15, 0.2) is 59.5 Å². The van der Waals surface area contributed by atoms with Gasteiger partial charge in [-0.05, 0) is 57.5 Å². The molecule has 0 aliphatic heterocycles. The van der Waals surface area contributed by atoms with Crippen LogP contribution in [0.1, 0.15) is 49.7 Å². The van der Waals surface area contributed by atoms with Gasteiger partial charge in [0.15, 0.2) is 6.61 Å². The maximum atomic E-state index is 12.3. The molecular formula is C21H26N2O5S. The van der Waals surface area contributed by atoms with Crippen molar-refractivity contribution in [1.82, 2.24) is 10.0 Å². The molecule has 1 unspecified atom stereocenters. The second kappa shape index (κ2) is 9.19. The second-order valence-electron chi connectivity index (χ2n) is 7.66. The molecule has 2 aromatic carbocycles. The highest BCUT2D eigenvalue weighted by Crippen LogP contribution is 2.15. The third-order valence-electron chi connectivity index (χ3n) is 3.85. The number of carbonyl (C=O) groups excluding carboxylic acids is 2. The van der Waals surface area contributed by atoms with Gasteiger partial charge in [-0.25, -0.2) is 17.9 Å². The van der Waals surface area contributed by atoms with Gasteiger partial charge in [-0.15, -0.1) is 0 Å². The Balaban J connectivity index is 1.92. The van der Waals surface area contributed by atoms with Crippen LogP contribution in [-0.4, -0.2) is 32.4 Å². The number of carbonyl (C=O) groups is 2. The minimum absolute atomic E-state index is 0.0402. The number of sulfonamides is 1. The minimum atomic E-state index is -3.69. The van der Waals surface area contributed by atoms with Crippen LogP contribution in [0.4, 0.5) is 0 Å². The molecule has 0 aliphatic carbocycles. The highest BCUT2D eigenvalue weighted by molar-refractivity contribution is 7.89. The summed E-state index contributed by atoms with van der Waals surface area (Å²) in [6.07, 6.45) is 0. The molecule has 0 saturated heterocycles. The predicted molar refractivity (Wildman–Crippen MR) is 110 cm³/mol. The van der Waals surface area contributed by atoms with E-state index in [2.05, 4.69) is 10.0 Å². The van der Waals surface area contributed by atoms with Crippen LogP contribution in [0.25, 0.3) is 0 Å². The lowest BCUT2D eigenvalue weighted by Crippen LogP contribution is -2.40. The van der Waals surface area contributed by atoms with E-state index < -0.39 is 34.0 Å². The standard InChI is InChI=1S/C21H26N2O5S/c1-15(16-8-6-5-7-9-16)22-19(24)14-28-20(25)17-10-12-18(13-11-17)29(26,27)23-21(2,3)4/h5-13,15,23H,14H2,1-4H3,(H,22,24). The lowest BCUT2D eigenvalue weighted by molar-refractivity contribution is -0.124. The van der Waals surface area contributed by atoms with E-state index in [9.17, 15) is 18.0 Å². The Morgan fingerprint density at radius 3 is 2.14 bits per heavy atom. The number of benzene rings is 2. The van der Waals surface area contributed by atoms with Gasteiger partial charge < -0.3 is 10.1 Å². The van der Waals surface area contributed by atoms with Crippen molar-refractivity contribution in [1.29, 1.82) is 0 Å². The van der Waals surface area contributed by atoms with Gasteiger partial charge in [0.1, 0.15) is 0 Å². The van der Waals surface area contributed by atoms with Crippen molar-refractivity contribution >= 4 is 21.9 Å². The Morgan fingerprint density at radius 2 is 1.59 bits per heavy atom. The van der Waals surface area contributed by atoms with Gasteiger partial charge in [-0.1, -0.05) is 30.3 Å². The summed E-state index contributed by atoms with van der Waals surface area (Å²) in [6.45, 7) is 6.61. The van der Waals surface area contributed by atoms with Gasteiger partial charge in [0.05, 0.1) is 16.5 Å². The predicted octanol–water partition coefficient (Wildman–Crippen LogP) is 2.80. The zero-order valence-corrected chi connectivity index (χ0v) is 17.7. The summed E-state index contributed by atoms with van der Waals surface area (Å²) in [5.41, 5.74) is 0.470. The van der Waals surface area contributed by atoms with Crippen LogP contribution in [0.5, 0.6) is 0 Å². The van der Waals surface area contributed by atoms with E-state index in [1.807, 2.05) is 37.3 Å². The SMILES string of the molecule is CC(NC(=O)COC(=O)c1ccc(S(=O)(=O)NC(C)(C)C)cc1)c1ccccc1. The fourth-order valence-electron chi connectivity index (χ4n) is 2.55. The molecule has 7 nitrogen and oxygen atoms in total. The number of ether oxygens (including phenoxy) is 1. The zero-order valence-electron chi connectivity index (χ0n) is 16.9. The van der Waals surface area contributed by atoms with E-state index in [1.165, 1.54) is 24.3 Å². The van der Waals surface area contributed by atoms with Crippen molar-refractivity contribution in [2.75, 3.05) is 6.61 Å². The van der Waals surface area contributed by atoms with Crippen LogP contribution in [-0.2, 0) is 19.6 Å². The van der Waals surface area contributed by atoms with E-state index in [4.69, 9.17) is 4.74 Å². The zero-order chi connectivity index (χ0) is 21.7. The Bertz CT molecular complexity index is 949. The smallest absolute Gasteiger partial charge is 0.338 e. The molecule has 0 heterocycles. The van der Waals surface area contributed by atoms with Gasteiger partial charge in [0.25, 0.3) is 5.91 Å². The van der Waals surface area contributed by atoms with Crippen molar-refractivity contribution in [3.63, 3.8) is 0 Å². The number of rotatable bonds is 7. The summed E-state index contributed by atoms with van der Waals surface area (Å²) in [7, 11) is -3.69. The maximum absolute atomic E-state index is 12.3. The van der Waals surface area contributed by atoms with Gasteiger partial charge in [0.2, 0.25) is 10.0 Å². The molecule has 29 heavy (non-hydrogen) atoms. The highest BCUT2D eigenvalue weighted by atomic mass is 32.2. The molecular weight excluding hydrogens is 392 g/mol. The third-order valence-corrected chi connectivity index (χ3v) is 5.63. The first-order valence-electron chi connectivity index (χ1n) is 9.13. The largest absolute Gasteiger partial charge is 0.452 e.